The van der Waals surface area contributed by atoms with Gasteiger partial charge in [0.15, 0.2) is 4.34 Å². The summed E-state index contributed by atoms with van der Waals surface area (Å²) in [6.07, 6.45) is 0. The summed E-state index contributed by atoms with van der Waals surface area (Å²) in [5, 5.41) is 8.69. The Hall–Kier alpha value is -0.540. The highest BCUT2D eigenvalue weighted by molar-refractivity contribution is 8.01. The van der Waals surface area contributed by atoms with E-state index in [-0.39, 0.29) is 10.9 Å². The number of hydrogen-bond acceptors (Lipinski definition) is 6. The number of nitrogens with zero attached hydrogens (tertiary/aromatic N) is 2. The number of nitrogens with one attached hydrogen (secondary N) is 1. The Morgan fingerprint density at radius 2 is 1.91 bits per heavy atom. The predicted octanol–water partition coefficient (Wildman–Crippen LogP) is 4.53. The molecule has 0 amide bonds. The average molecular weight is 412 g/mol. The first-order valence-electron chi connectivity index (χ1n) is 6.66. The second-order valence-corrected chi connectivity index (χ2v) is 9.92. The normalized spacial score (nSPS) is 11.9. The van der Waals surface area contributed by atoms with Crippen LogP contribution in [0, 0.1) is 5.92 Å². The van der Waals surface area contributed by atoms with E-state index in [4.69, 9.17) is 23.2 Å². The van der Waals surface area contributed by atoms with E-state index in [2.05, 4.69) is 28.8 Å². The molecule has 0 fully saturated rings. The molecule has 0 unspecified atom stereocenters. The van der Waals surface area contributed by atoms with Crippen LogP contribution in [0.15, 0.2) is 22.5 Å². The van der Waals surface area contributed by atoms with Crippen LogP contribution in [-0.2, 0) is 15.8 Å². The topological polar surface area (TPSA) is 72.0 Å². The van der Waals surface area contributed by atoms with E-state index in [1.807, 2.05) is 0 Å². The van der Waals surface area contributed by atoms with Gasteiger partial charge in [-0.3, -0.25) is 4.72 Å². The summed E-state index contributed by atoms with van der Waals surface area (Å²) in [4.78, 5) is 0. The van der Waals surface area contributed by atoms with Crippen LogP contribution in [0.2, 0.25) is 10.0 Å². The molecule has 2 rings (SSSR count). The first kappa shape index (κ1) is 18.8. The summed E-state index contributed by atoms with van der Waals surface area (Å²) in [5.74, 6) is 1.10. The van der Waals surface area contributed by atoms with Gasteiger partial charge < -0.3 is 0 Å². The average Bonchev–Trinajstić information content (AvgIpc) is 2.87. The van der Waals surface area contributed by atoms with Gasteiger partial charge in [0.05, 0.1) is 5.75 Å². The molecule has 0 atom stereocenters. The van der Waals surface area contributed by atoms with E-state index in [1.165, 1.54) is 11.3 Å². The lowest BCUT2D eigenvalue weighted by Crippen LogP contribution is -2.15. The molecule has 0 aliphatic rings. The molecular weight excluding hydrogens is 397 g/mol. The van der Waals surface area contributed by atoms with E-state index < -0.39 is 10.0 Å². The second kappa shape index (κ2) is 8.02. The quantitative estimate of drug-likeness (QED) is 0.677. The van der Waals surface area contributed by atoms with Crippen molar-refractivity contribution in [2.75, 3.05) is 10.5 Å². The van der Waals surface area contributed by atoms with Crippen LogP contribution in [0.1, 0.15) is 19.4 Å². The van der Waals surface area contributed by atoms with Crippen LogP contribution < -0.4 is 4.72 Å². The Kier molecular flexibility index (Phi) is 6.56. The van der Waals surface area contributed by atoms with Gasteiger partial charge in [0.1, 0.15) is 0 Å². The van der Waals surface area contributed by atoms with Crippen LogP contribution in [0.5, 0.6) is 0 Å². The number of thioether (sulfide) groups is 1. The molecule has 1 heterocycles. The fourth-order valence-corrected chi connectivity index (χ4v) is 5.46. The smallest absolute Gasteiger partial charge is 0.238 e. The van der Waals surface area contributed by atoms with Crippen molar-refractivity contribution in [1.29, 1.82) is 0 Å². The van der Waals surface area contributed by atoms with Crippen LogP contribution in [0.3, 0.4) is 0 Å². The minimum atomic E-state index is -3.67. The van der Waals surface area contributed by atoms with Gasteiger partial charge in [0.25, 0.3) is 0 Å². The Morgan fingerprint density at radius 3 is 2.52 bits per heavy atom. The lowest BCUT2D eigenvalue weighted by molar-refractivity contribution is 0.600. The molecule has 0 radical (unpaired) electrons. The van der Waals surface area contributed by atoms with Crippen LogP contribution in [0.4, 0.5) is 5.13 Å². The van der Waals surface area contributed by atoms with Crippen molar-refractivity contribution in [2.45, 2.75) is 23.9 Å². The van der Waals surface area contributed by atoms with Crippen LogP contribution in [-0.4, -0.2) is 24.4 Å². The van der Waals surface area contributed by atoms with Crippen molar-refractivity contribution in [3.8, 4) is 0 Å². The predicted molar refractivity (Wildman–Crippen MR) is 98.2 cm³/mol. The molecule has 10 heteroatoms. The molecule has 0 bridgehead atoms. The molecule has 0 aliphatic carbocycles. The molecule has 0 saturated carbocycles. The molecule has 1 aromatic carbocycles. The third kappa shape index (κ3) is 5.79. The molecule has 23 heavy (non-hydrogen) atoms. The van der Waals surface area contributed by atoms with Crippen molar-refractivity contribution in [2.24, 2.45) is 5.92 Å². The van der Waals surface area contributed by atoms with Gasteiger partial charge in [-0.25, -0.2) is 8.42 Å². The summed E-state index contributed by atoms with van der Waals surface area (Å²) in [6, 6.07) is 4.87. The Labute approximate surface area is 153 Å². The number of anilines is 1. The first-order chi connectivity index (χ1) is 10.8. The Bertz CT molecular complexity index is 758. The number of halogens is 2. The zero-order valence-corrected chi connectivity index (χ0v) is 16.4. The summed E-state index contributed by atoms with van der Waals surface area (Å²) in [5.41, 5.74) is 0.363. The molecular formula is C13H15Cl2N3O2S3. The van der Waals surface area contributed by atoms with Crippen molar-refractivity contribution >= 4 is 61.5 Å². The number of benzene rings is 1. The molecule has 0 spiro atoms. The van der Waals surface area contributed by atoms with E-state index in [9.17, 15) is 8.42 Å². The van der Waals surface area contributed by atoms with Crippen LogP contribution in [0.25, 0.3) is 0 Å². The monoisotopic (exact) mass is 411 g/mol. The fraction of sp³-hybridized carbons (Fsp3) is 0.385. The molecule has 126 valence electrons. The minimum Gasteiger partial charge on any atom is -0.257 e. The maximum absolute atomic E-state index is 12.3. The lowest BCUT2D eigenvalue weighted by Gasteiger charge is -2.08. The van der Waals surface area contributed by atoms with Gasteiger partial charge in [-0.2, -0.15) is 0 Å². The SMILES string of the molecule is CC(C)CSc1nnc(NS(=O)(=O)Cc2c(Cl)cccc2Cl)s1. The Balaban J connectivity index is 2.07. The van der Waals surface area contributed by atoms with Gasteiger partial charge in [0.2, 0.25) is 15.2 Å². The molecule has 2 aromatic rings. The number of hydrogen-bond donors (Lipinski definition) is 1. The third-order valence-electron chi connectivity index (χ3n) is 2.59. The van der Waals surface area contributed by atoms with Gasteiger partial charge in [-0.05, 0) is 18.1 Å². The molecule has 5 nitrogen and oxygen atoms in total. The summed E-state index contributed by atoms with van der Waals surface area (Å²) >= 11 is 14.8. The van der Waals surface area contributed by atoms with E-state index in [0.29, 0.717) is 21.5 Å². The van der Waals surface area contributed by atoms with Crippen molar-refractivity contribution < 1.29 is 8.42 Å². The molecule has 0 aliphatic heterocycles. The molecule has 0 saturated heterocycles. The maximum atomic E-state index is 12.3. The first-order valence-corrected chi connectivity index (χ1v) is 10.9. The fourth-order valence-electron chi connectivity index (χ4n) is 1.58. The standard InChI is InChI=1S/C13H15Cl2N3O2S3/c1-8(2)6-21-13-17-16-12(22-13)18-23(19,20)7-9-10(14)4-3-5-11(9)15/h3-5,8H,6-7H2,1-2H3,(H,16,18). The summed E-state index contributed by atoms with van der Waals surface area (Å²) in [7, 11) is -3.67. The van der Waals surface area contributed by atoms with Gasteiger partial charge in [-0.1, -0.05) is 66.2 Å². The van der Waals surface area contributed by atoms with Crippen molar-refractivity contribution in [3.63, 3.8) is 0 Å². The summed E-state index contributed by atoms with van der Waals surface area (Å²) in [6.45, 7) is 4.20. The van der Waals surface area contributed by atoms with Gasteiger partial charge in [0, 0.05) is 21.4 Å². The summed E-state index contributed by atoms with van der Waals surface area (Å²) < 4.78 is 27.7. The van der Waals surface area contributed by atoms with Gasteiger partial charge >= 0.3 is 0 Å². The zero-order chi connectivity index (χ0) is 17.0. The molecule has 1 aromatic heterocycles. The molecule has 1 N–H and O–H groups in total. The van der Waals surface area contributed by atoms with Gasteiger partial charge in [-0.15, -0.1) is 10.2 Å². The highest BCUT2D eigenvalue weighted by Crippen LogP contribution is 2.29. The second-order valence-electron chi connectivity index (χ2n) is 5.14. The number of aromatic nitrogens is 2. The highest BCUT2D eigenvalue weighted by atomic mass is 35.5. The highest BCUT2D eigenvalue weighted by Gasteiger charge is 2.18. The van der Waals surface area contributed by atoms with E-state index in [1.54, 1.807) is 30.0 Å². The van der Waals surface area contributed by atoms with Crippen LogP contribution >= 0.6 is 46.3 Å². The third-order valence-corrected chi connectivity index (χ3v) is 6.99. The van der Waals surface area contributed by atoms with E-state index in [0.717, 1.165) is 10.1 Å². The number of rotatable bonds is 7. The lowest BCUT2D eigenvalue weighted by atomic mass is 10.2. The van der Waals surface area contributed by atoms with Crippen molar-refractivity contribution in [3.05, 3.63) is 33.8 Å². The maximum Gasteiger partial charge on any atom is 0.238 e. The van der Waals surface area contributed by atoms with E-state index >= 15 is 0 Å². The van der Waals surface area contributed by atoms with Crippen molar-refractivity contribution in [1.82, 2.24) is 10.2 Å². The number of sulfonamides is 1. The minimum absolute atomic E-state index is 0.236. The Morgan fingerprint density at radius 1 is 1.26 bits per heavy atom. The largest absolute Gasteiger partial charge is 0.257 e. The zero-order valence-electron chi connectivity index (χ0n) is 12.4.